The van der Waals surface area contributed by atoms with Crippen LogP contribution < -0.4 is 10.2 Å². The average Bonchev–Trinajstić information content (AvgIpc) is 2.70. The maximum Gasteiger partial charge on any atom is 0.343 e. The van der Waals surface area contributed by atoms with E-state index >= 15 is 0 Å². The molecule has 0 bridgehead atoms. The number of ether oxygens (including phenoxy) is 1. The molecule has 29 heavy (non-hydrogen) atoms. The number of nitrogens with one attached hydrogen (secondary N) is 1. The van der Waals surface area contributed by atoms with Gasteiger partial charge in [-0.05, 0) is 66.7 Å². The summed E-state index contributed by atoms with van der Waals surface area (Å²) in [6, 6.07) is 17.3. The second-order valence-corrected chi connectivity index (χ2v) is 7.09. The number of hydrogen-bond acceptors (Lipinski definition) is 4. The van der Waals surface area contributed by atoms with Gasteiger partial charge in [0.25, 0.3) is 5.91 Å². The molecule has 0 aliphatic heterocycles. The molecule has 146 valence electrons. The lowest BCUT2D eigenvalue weighted by Crippen LogP contribution is -2.17. The van der Waals surface area contributed by atoms with Crippen molar-refractivity contribution in [2.75, 3.05) is 0 Å². The number of nitrogens with zero attached hydrogens (tertiary/aromatic N) is 1. The van der Waals surface area contributed by atoms with E-state index in [9.17, 15) is 9.59 Å². The van der Waals surface area contributed by atoms with Gasteiger partial charge in [0.2, 0.25) is 0 Å². The SMILES string of the molecule is O=C(N/N=C/c1cc(Cl)ccc1OC(=O)c1ccc(Cl)cc1)c1ccc(Cl)cc1. The van der Waals surface area contributed by atoms with E-state index in [1.54, 1.807) is 66.7 Å². The van der Waals surface area contributed by atoms with Gasteiger partial charge in [0, 0.05) is 26.2 Å². The number of halogens is 3. The Labute approximate surface area is 181 Å². The molecule has 0 aromatic heterocycles. The topological polar surface area (TPSA) is 67.8 Å². The molecule has 0 atom stereocenters. The summed E-state index contributed by atoms with van der Waals surface area (Å²) in [6.45, 7) is 0. The first-order chi connectivity index (χ1) is 13.9. The van der Waals surface area contributed by atoms with E-state index in [2.05, 4.69) is 10.5 Å². The lowest BCUT2D eigenvalue weighted by molar-refractivity contribution is 0.0734. The highest BCUT2D eigenvalue weighted by Gasteiger charge is 2.12. The predicted molar refractivity (Wildman–Crippen MR) is 114 cm³/mol. The summed E-state index contributed by atoms with van der Waals surface area (Å²) in [6.07, 6.45) is 1.34. The van der Waals surface area contributed by atoms with E-state index in [0.717, 1.165) is 0 Å². The summed E-state index contributed by atoms with van der Waals surface area (Å²) in [5, 5.41) is 5.36. The van der Waals surface area contributed by atoms with E-state index in [0.29, 0.717) is 31.8 Å². The van der Waals surface area contributed by atoms with Gasteiger partial charge in [-0.1, -0.05) is 34.8 Å². The molecule has 5 nitrogen and oxygen atoms in total. The molecular formula is C21H13Cl3N2O3. The summed E-state index contributed by atoms with van der Waals surface area (Å²) in [4.78, 5) is 24.4. The van der Waals surface area contributed by atoms with Crippen LogP contribution in [0.1, 0.15) is 26.3 Å². The third-order valence-corrected chi connectivity index (χ3v) is 4.47. The number of rotatable bonds is 5. The van der Waals surface area contributed by atoms with Crippen LogP contribution in [0.4, 0.5) is 0 Å². The molecule has 0 saturated carbocycles. The third-order valence-electron chi connectivity index (χ3n) is 3.73. The predicted octanol–water partition coefficient (Wildman–Crippen LogP) is 5.63. The molecule has 0 radical (unpaired) electrons. The fourth-order valence-corrected chi connectivity index (χ4v) is 2.72. The molecule has 0 unspecified atom stereocenters. The number of amides is 1. The molecule has 0 aliphatic rings. The zero-order chi connectivity index (χ0) is 20.8. The molecular weight excluding hydrogens is 435 g/mol. The van der Waals surface area contributed by atoms with Gasteiger partial charge in [-0.2, -0.15) is 5.10 Å². The maximum absolute atomic E-state index is 12.3. The standard InChI is InChI=1S/C21H13Cl3N2O3/c22-16-5-1-13(2-6-16)20(27)26-25-12-15-11-18(24)9-10-19(15)29-21(28)14-3-7-17(23)8-4-14/h1-12H,(H,26,27)/b25-12+. The Morgan fingerprint density at radius 1 is 0.793 bits per heavy atom. The number of benzene rings is 3. The van der Waals surface area contributed by atoms with Gasteiger partial charge in [0.05, 0.1) is 11.8 Å². The van der Waals surface area contributed by atoms with Gasteiger partial charge in [-0.25, -0.2) is 10.2 Å². The highest BCUT2D eigenvalue weighted by molar-refractivity contribution is 6.31. The molecule has 0 heterocycles. The summed E-state index contributed by atoms with van der Waals surface area (Å²) < 4.78 is 5.42. The molecule has 0 saturated heterocycles. The Bertz CT molecular complexity index is 1070. The number of carbonyl (C=O) groups excluding carboxylic acids is 2. The van der Waals surface area contributed by atoms with E-state index in [-0.39, 0.29) is 5.75 Å². The minimum atomic E-state index is -0.566. The lowest BCUT2D eigenvalue weighted by Gasteiger charge is -2.08. The summed E-state index contributed by atoms with van der Waals surface area (Å²) in [5.41, 5.74) is 3.54. The second kappa shape index (κ2) is 9.56. The van der Waals surface area contributed by atoms with Crippen molar-refractivity contribution in [1.82, 2.24) is 5.43 Å². The first kappa shape index (κ1) is 20.9. The van der Waals surface area contributed by atoms with E-state index in [1.165, 1.54) is 6.21 Å². The molecule has 3 aromatic rings. The van der Waals surface area contributed by atoms with Crippen LogP contribution in [0, 0.1) is 0 Å². The number of hydrogen-bond donors (Lipinski definition) is 1. The summed E-state index contributed by atoms with van der Waals surface area (Å²) in [5.74, 6) is -0.748. The van der Waals surface area contributed by atoms with E-state index in [4.69, 9.17) is 39.5 Å². The third kappa shape index (κ3) is 5.81. The molecule has 0 fully saturated rings. The average molecular weight is 448 g/mol. The first-order valence-electron chi connectivity index (χ1n) is 8.28. The molecule has 3 rings (SSSR count). The van der Waals surface area contributed by atoms with Crippen molar-refractivity contribution >= 4 is 52.9 Å². The maximum atomic E-state index is 12.3. The van der Waals surface area contributed by atoms with Crippen LogP contribution >= 0.6 is 34.8 Å². The van der Waals surface area contributed by atoms with Gasteiger partial charge in [0.15, 0.2) is 0 Å². The van der Waals surface area contributed by atoms with Crippen molar-refractivity contribution in [3.8, 4) is 5.75 Å². The number of hydrazone groups is 1. The minimum absolute atomic E-state index is 0.235. The van der Waals surface area contributed by atoms with Gasteiger partial charge in [-0.15, -0.1) is 0 Å². The highest BCUT2D eigenvalue weighted by Crippen LogP contribution is 2.23. The summed E-state index contributed by atoms with van der Waals surface area (Å²) in [7, 11) is 0. The van der Waals surface area contributed by atoms with Crippen LogP contribution in [-0.4, -0.2) is 18.1 Å². The smallest absolute Gasteiger partial charge is 0.343 e. The molecule has 1 amide bonds. The van der Waals surface area contributed by atoms with Crippen molar-refractivity contribution < 1.29 is 14.3 Å². The van der Waals surface area contributed by atoms with Crippen molar-refractivity contribution in [3.05, 3.63) is 98.5 Å². The zero-order valence-electron chi connectivity index (χ0n) is 14.7. The fourth-order valence-electron chi connectivity index (χ4n) is 2.28. The van der Waals surface area contributed by atoms with E-state index < -0.39 is 11.9 Å². The molecule has 0 aliphatic carbocycles. The van der Waals surface area contributed by atoms with Crippen LogP contribution in [0.15, 0.2) is 71.8 Å². The van der Waals surface area contributed by atoms with Gasteiger partial charge in [-0.3, -0.25) is 4.79 Å². The van der Waals surface area contributed by atoms with Crippen LogP contribution in [-0.2, 0) is 0 Å². The van der Waals surface area contributed by atoms with Crippen molar-refractivity contribution in [3.63, 3.8) is 0 Å². The second-order valence-electron chi connectivity index (χ2n) is 5.78. The zero-order valence-corrected chi connectivity index (χ0v) is 17.0. The van der Waals surface area contributed by atoms with Gasteiger partial charge < -0.3 is 4.74 Å². The van der Waals surface area contributed by atoms with Gasteiger partial charge in [0.1, 0.15) is 5.75 Å². The highest BCUT2D eigenvalue weighted by atomic mass is 35.5. The van der Waals surface area contributed by atoms with Crippen LogP contribution in [0.2, 0.25) is 15.1 Å². The van der Waals surface area contributed by atoms with Crippen molar-refractivity contribution in [1.29, 1.82) is 0 Å². The van der Waals surface area contributed by atoms with Crippen LogP contribution in [0.3, 0.4) is 0 Å². The lowest BCUT2D eigenvalue weighted by atomic mass is 10.2. The largest absolute Gasteiger partial charge is 0.422 e. The fraction of sp³-hybridized carbons (Fsp3) is 0. The normalized spacial score (nSPS) is 10.7. The Kier molecular flexibility index (Phi) is 6.88. The molecule has 8 heteroatoms. The minimum Gasteiger partial charge on any atom is -0.422 e. The summed E-state index contributed by atoms with van der Waals surface area (Å²) >= 11 is 17.7. The number of esters is 1. The number of carbonyl (C=O) groups is 2. The molecule has 1 N–H and O–H groups in total. The Morgan fingerprint density at radius 2 is 1.34 bits per heavy atom. The van der Waals surface area contributed by atoms with Crippen LogP contribution in [0.5, 0.6) is 5.75 Å². The van der Waals surface area contributed by atoms with Crippen LogP contribution in [0.25, 0.3) is 0 Å². The van der Waals surface area contributed by atoms with Gasteiger partial charge >= 0.3 is 5.97 Å². The van der Waals surface area contributed by atoms with Crippen molar-refractivity contribution in [2.24, 2.45) is 5.10 Å². The van der Waals surface area contributed by atoms with Crippen molar-refractivity contribution in [2.45, 2.75) is 0 Å². The Balaban J connectivity index is 1.73. The quantitative estimate of drug-likeness (QED) is 0.238. The molecule has 3 aromatic carbocycles. The molecule has 0 spiro atoms. The first-order valence-corrected chi connectivity index (χ1v) is 9.42. The Hall–Kier alpha value is -2.86. The Morgan fingerprint density at radius 3 is 1.97 bits per heavy atom. The monoisotopic (exact) mass is 446 g/mol. The van der Waals surface area contributed by atoms with E-state index in [1.807, 2.05) is 0 Å².